The molecule has 0 bridgehead atoms. The average Bonchev–Trinajstić information content (AvgIpc) is 2.36. The third-order valence-corrected chi connectivity index (χ3v) is 2.78. The van der Waals surface area contributed by atoms with Crippen molar-refractivity contribution in [2.24, 2.45) is 5.92 Å². The molecule has 1 rings (SSSR count). The molecule has 1 aromatic carbocycles. The third kappa shape index (κ3) is 4.91. The Hall–Kier alpha value is -2.17. The molecule has 1 amide bonds. The van der Waals surface area contributed by atoms with E-state index in [1.165, 1.54) is 6.92 Å². The Morgan fingerprint density at radius 1 is 1.32 bits per heavy atom. The summed E-state index contributed by atoms with van der Waals surface area (Å²) in [6, 6.07) is 6.65. The zero-order valence-electron chi connectivity index (χ0n) is 11.0. The Bertz CT molecular complexity index is 496. The van der Waals surface area contributed by atoms with E-state index in [1.54, 1.807) is 31.2 Å². The summed E-state index contributed by atoms with van der Waals surface area (Å²) >= 11 is 0. The minimum Gasteiger partial charge on any atom is -0.481 e. The molecule has 5 nitrogen and oxygen atoms in total. The number of Topliss-reactive ketones (excluding diaryl/α,β-unsaturated/α-hetero) is 1. The molecule has 102 valence electrons. The van der Waals surface area contributed by atoms with Gasteiger partial charge in [0.1, 0.15) is 0 Å². The van der Waals surface area contributed by atoms with Crippen LogP contribution >= 0.6 is 0 Å². The van der Waals surface area contributed by atoms with Gasteiger partial charge in [-0.1, -0.05) is 19.1 Å². The van der Waals surface area contributed by atoms with E-state index in [-0.39, 0.29) is 24.5 Å². The lowest BCUT2D eigenvalue weighted by atomic mass is 10.0. The van der Waals surface area contributed by atoms with Crippen molar-refractivity contribution in [2.45, 2.75) is 26.7 Å². The van der Waals surface area contributed by atoms with Crippen LogP contribution in [0.25, 0.3) is 0 Å². The first-order valence-electron chi connectivity index (χ1n) is 6.04. The molecule has 1 atom stereocenters. The van der Waals surface area contributed by atoms with Crippen molar-refractivity contribution >= 4 is 23.3 Å². The van der Waals surface area contributed by atoms with E-state index in [9.17, 15) is 14.4 Å². The average molecular weight is 263 g/mol. The van der Waals surface area contributed by atoms with Crippen LogP contribution in [0.3, 0.4) is 0 Å². The summed E-state index contributed by atoms with van der Waals surface area (Å²) in [7, 11) is 0. The molecule has 0 saturated carbocycles. The molecule has 0 aliphatic rings. The fraction of sp³-hybridized carbons (Fsp3) is 0.357. The van der Waals surface area contributed by atoms with Gasteiger partial charge in [-0.15, -0.1) is 0 Å². The first-order chi connectivity index (χ1) is 8.90. The highest BCUT2D eigenvalue weighted by atomic mass is 16.4. The zero-order chi connectivity index (χ0) is 14.4. The number of hydrogen-bond acceptors (Lipinski definition) is 3. The van der Waals surface area contributed by atoms with Crippen molar-refractivity contribution in [1.29, 1.82) is 0 Å². The molecule has 0 radical (unpaired) electrons. The van der Waals surface area contributed by atoms with Crippen molar-refractivity contribution in [1.82, 2.24) is 0 Å². The highest BCUT2D eigenvalue weighted by Gasteiger charge is 2.14. The fourth-order valence-corrected chi connectivity index (χ4v) is 1.55. The molecule has 0 aromatic heterocycles. The summed E-state index contributed by atoms with van der Waals surface area (Å²) in [5.74, 6) is -1.63. The standard InChI is InChI=1S/C14H17NO4/c1-9(6-7-13(17)18)14(19)15-12-5-3-4-11(8-12)10(2)16/h3-5,8-9H,6-7H2,1-2H3,(H,15,19)(H,17,18). The second kappa shape index (κ2) is 6.68. The zero-order valence-corrected chi connectivity index (χ0v) is 11.0. The topological polar surface area (TPSA) is 83.5 Å². The Morgan fingerprint density at radius 3 is 2.58 bits per heavy atom. The molecule has 2 N–H and O–H groups in total. The van der Waals surface area contributed by atoms with Crippen LogP contribution in [0.1, 0.15) is 37.0 Å². The first-order valence-corrected chi connectivity index (χ1v) is 6.04. The fourth-order valence-electron chi connectivity index (χ4n) is 1.55. The largest absolute Gasteiger partial charge is 0.481 e. The van der Waals surface area contributed by atoms with Crippen molar-refractivity contribution < 1.29 is 19.5 Å². The lowest BCUT2D eigenvalue weighted by Gasteiger charge is -2.11. The Balaban J connectivity index is 2.63. The van der Waals surface area contributed by atoms with Crippen LogP contribution in [0, 0.1) is 5.92 Å². The van der Waals surface area contributed by atoms with Gasteiger partial charge in [-0.2, -0.15) is 0 Å². The van der Waals surface area contributed by atoms with Gasteiger partial charge in [-0.05, 0) is 25.5 Å². The van der Waals surface area contributed by atoms with Crippen LogP contribution in [-0.4, -0.2) is 22.8 Å². The molecule has 0 heterocycles. The maximum absolute atomic E-state index is 11.8. The molecule has 1 aromatic rings. The quantitative estimate of drug-likeness (QED) is 0.771. The van der Waals surface area contributed by atoms with E-state index in [1.807, 2.05) is 0 Å². The summed E-state index contributed by atoms with van der Waals surface area (Å²) in [5, 5.41) is 11.2. The van der Waals surface area contributed by atoms with Gasteiger partial charge < -0.3 is 10.4 Å². The number of nitrogens with one attached hydrogen (secondary N) is 1. The normalized spacial score (nSPS) is 11.7. The van der Waals surface area contributed by atoms with E-state index < -0.39 is 11.9 Å². The van der Waals surface area contributed by atoms with Crippen molar-refractivity contribution in [3.8, 4) is 0 Å². The summed E-state index contributed by atoms with van der Waals surface area (Å²) in [6.07, 6.45) is 0.246. The summed E-state index contributed by atoms with van der Waals surface area (Å²) in [6.45, 7) is 3.13. The summed E-state index contributed by atoms with van der Waals surface area (Å²) in [4.78, 5) is 33.5. The highest BCUT2D eigenvalue weighted by Crippen LogP contribution is 2.14. The van der Waals surface area contributed by atoms with Crippen molar-refractivity contribution in [2.75, 3.05) is 5.32 Å². The lowest BCUT2D eigenvalue weighted by molar-refractivity contribution is -0.137. The smallest absolute Gasteiger partial charge is 0.303 e. The number of aliphatic carboxylic acids is 1. The number of carboxylic acid groups (broad SMARTS) is 1. The number of amides is 1. The minimum atomic E-state index is -0.918. The second-order valence-corrected chi connectivity index (χ2v) is 4.46. The number of carbonyl (C=O) groups is 3. The molecule has 0 fully saturated rings. The van der Waals surface area contributed by atoms with Gasteiger partial charge in [-0.3, -0.25) is 14.4 Å². The SMILES string of the molecule is CC(=O)c1cccc(NC(=O)C(C)CCC(=O)O)c1. The highest BCUT2D eigenvalue weighted by molar-refractivity contribution is 5.97. The van der Waals surface area contributed by atoms with Gasteiger partial charge in [0.05, 0.1) is 0 Å². The van der Waals surface area contributed by atoms with Gasteiger partial charge in [0.25, 0.3) is 0 Å². The van der Waals surface area contributed by atoms with E-state index in [4.69, 9.17) is 5.11 Å². The predicted octanol–water partition coefficient (Wildman–Crippen LogP) is 2.33. The van der Waals surface area contributed by atoms with Crippen LogP contribution in [0.2, 0.25) is 0 Å². The van der Waals surface area contributed by atoms with E-state index >= 15 is 0 Å². The molecule has 19 heavy (non-hydrogen) atoms. The van der Waals surface area contributed by atoms with Crippen molar-refractivity contribution in [3.63, 3.8) is 0 Å². The Kier molecular flexibility index (Phi) is 5.23. The summed E-state index contributed by atoms with van der Waals surface area (Å²) in [5.41, 5.74) is 1.07. The predicted molar refractivity (Wildman–Crippen MR) is 71.1 cm³/mol. The molecule has 1 unspecified atom stereocenters. The van der Waals surface area contributed by atoms with Gasteiger partial charge in [0, 0.05) is 23.6 Å². The van der Waals surface area contributed by atoms with Gasteiger partial charge in [0.2, 0.25) is 5.91 Å². The van der Waals surface area contributed by atoms with Crippen LogP contribution in [0.4, 0.5) is 5.69 Å². The van der Waals surface area contributed by atoms with E-state index in [0.29, 0.717) is 11.3 Å². The van der Waals surface area contributed by atoms with Crippen LogP contribution in [-0.2, 0) is 9.59 Å². The number of anilines is 1. The number of ketones is 1. The van der Waals surface area contributed by atoms with Gasteiger partial charge in [-0.25, -0.2) is 0 Å². The van der Waals surface area contributed by atoms with Crippen LogP contribution in [0.15, 0.2) is 24.3 Å². The molecule has 0 aliphatic heterocycles. The van der Waals surface area contributed by atoms with E-state index in [0.717, 1.165) is 0 Å². The molecular formula is C14H17NO4. The summed E-state index contributed by atoms with van der Waals surface area (Å²) < 4.78 is 0. The van der Waals surface area contributed by atoms with Gasteiger partial charge >= 0.3 is 5.97 Å². The number of benzene rings is 1. The molecule has 5 heteroatoms. The monoisotopic (exact) mass is 263 g/mol. The number of hydrogen-bond donors (Lipinski definition) is 2. The van der Waals surface area contributed by atoms with E-state index in [2.05, 4.69) is 5.32 Å². The lowest BCUT2D eigenvalue weighted by Crippen LogP contribution is -2.21. The number of rotatable bonds is 6. The molecular weight excluding hydrogens is 246 g/mol. The minimum absolute atomic E-state index is 0.0396. The van der Waals surface area contributed by atoms with Gasteiger partial charge in [0.15, 0.2) is 5.78 Å². The Morgan fingerprint density at radius 2 is 2.00 bits per heavy atom. The molecule has 0 saturated heterocycles. The van der Waals surface area contributed by atoms with Crippen molar-refractivity contribution in [3.05, 3.63) is 29.8 Å². The first kappa shape index (κ1) is 14.9. The number of carbonyl (C=O) groups excluding carboxylic acids is 2. The maximum atomic E-state index is 11.8. The maximum Gasteiger partial charge on any atom is 0.303 e. The third-order valence-electron chi connectivity index (χ3n) is 2.78. The molecule has 0 spiro atoms. The van der Waals surface area contributed by atoms with Crippen LogP contribution in [0.5, 0.6) is 0 Å². The number of carboxylic acids is 1. The van der Waals surface area contributed by atoms with Crippen LogP contribution < -0.4 is 5.32 Å². The molecule has 0 aliphatic carbocycles. The Labute approximate surface area is 111 Å². The second-order valence-electron chi connectivity index (χ2n) is 4.46.